The topological polar surface area (TPSA) is 36.4 Å². The lowest BCUT2D eigenvalue weighted by Gasteiger charge is -2.36. The Hall–Kier alpha value is -1.13. The van der Waals surface area contributed by atoms with Crippen molar-refractivity contribution in [1.29, 1.82) is 0 Å². The zero-order valence-corrected chi connectivity index (χ0v) is 14.0. The highest BCUT2D eigenvalue weighted by Crippen LogP contribution is 2.21. The highest BCUT2D eigenvalue weighted by molar-refractivity contribution is 6.29. The van der Waals surface area contributed by atoms with Crippen LogP contribution in [0, 0.1) is 0 Å². The highest BCUT2D eigenvalue weighted by atomic mass is 35.5. The molecule has 2 heterocycles. The first-order chi connectivity index (χ1) is 9.88. The van der Waals surface area contributed by atoms with Crippen LogP contribution in [0.15, 0.2) is 12.1 Å². The normalized spacial score (nSPS) is 19.8. The average molecular weight is 310 g/mol. The van der Waals surface area contributed by atoms with Crippen molar-refractivity contribution in [3.8, 4) is 0 Å². The molecule has 0 saturated carbocycles. The monoisotopic (exact) mass is 309 g/mol. The minimum Gasteiger partial charge on any atom is -0.337 e. The molecule has 1 atom stereocenters. The van der Waals surface area contributed by atoms with Gasteiger partial charge in [0.1, 0.15) is 5.15 Å². The van der Waals surface area contributed by atoms with E-state index in [4.69, 9.17) is 11.6 Å². The summed E-state index contributed by atoms with van der Waals surface area (Å²) >= 11 is 6.06. The maximum Gasteiger partial charge on any atom is 0.254 e. The number of piperidine rings is 1. The van der Waals surface area contributed by atoms with E-state index in [0.717, 1.165) is 31.6 Å². The maximum absolute atomic E-state index is 12.7. The molecule has 0 radical (unpaired) electrons. The van der Waals surface area contributed by atoms with Crippen LogP contribution in [0.25, 0.3) is 0 Å². The summed E-state index contributed by atoms with van der Waals surface area (Å²) in [5.74, 6) is 0.280. The predicted octanol–water partition coefficient (Wildman–Crippen LogP) is 3.02. The van der Waals surface area contributed by atoms with Gasteiger partial charge in [0, 0.05) is 30.9 Å². The summed E-state index contributed by atoms with van der Waals surface area (Å²) in [4.78, 5) is 21.1. The number of hydrogen-bond acceptors (Lipinski definition) is 3. The van der Waals surface area contributed by atoms with Crippen LogP contribution in [0.1, 0.15) is 48.7 Å². The molecule has 0 bridgehead atoms. The number of pyridine rings is 1. The molecule has 116 valence electrons. The van der Waals surface area contributed by atoms with Crippen molar-refractivity contribution in [1.82, 2.24) is 14.8 Å². The zero-order valence-electron chi connectivity index (χ0n) is 13.3. The van der Waals surface area contributed by atoms with Crippen molar-refractivity contribution in [2.45, 2.75) is 38.6 Å². The Morgan fingerprint density at radius 1 is 1.48 bits per heavy atom. The summed E-state index contributed by atoms with van der Waals surface area (Å²) in [6, 6.07) is 3.80. The molecule has 0 aliphatic carbocycles. The Bertz CT molecular complexity index is 518. The molecule has 0 N–H and O–H groups in total. The van der Waals surface area contributed by atoms with E-state index in [1.165, 1.54) is 0 Å². The molecule has 1 amide bonds. The van der Waals surface area contributed by atoms with Crippen molar-refractivity contribution in [2.75, 3.05) is 27.2 Å². The van der Waals surface area contributed by atoms with E-state index in [1.54, 1.807) is 6.07 Å². The third-order valence-corrected chi connectivity index (χ3v) is 4.31. The van der Waals surface area contributed by atoms with Gasteiger partial charge in [-0.1, -0.05) is 25.4 Å². The first-order valence-electron chi connectivity index (χ1n) is 7.51. The first-order valence-corrected chi connectivity index (χ1v) is 7.89. The van der Waals surface area contributed by atoms with Gasteiger partial charge in [-0.05, 0) is 44.5 Å². The van der Waals surface area contributed by atoms with Gasteiger partial charge in [0.25, 0.3) is 5.91 Å². The van der Waals surface area contributed by atoms with Gasteiger partial charge in [0.2, 0.25) is 0 Å². The standard InChI is InChI=1S/C16H24ClN3O/c1-11(2)14-8-12(9-15(17)18-14)16(21)20(4)13-6-5-7-19(3)10-13/h8-9,11,13H,5-7,10H2,1-4H3. The van der Waals surface area contributed by atoms with E-state index >= 15 is 0 Å². The van der Waals surface area contributed by atoms with Crippen LogP contribution in [0.2, 0.25) is 5.15 Å². The largest absolute Gasteiger partial charge is 0.337 e. The molecule has 0 aromatic carbocycles. The second-order valence-corrected chi connectivity index (χ2v) is 6.62. The minimum atomic E-state index is 0.0292. The summed E-state index contributed by atoms with van der Waals surface area (Å²) in [5.41, 5.74) is 1.49. The van der Waals surface area contributed by atoms with Gasteiger partial charge in [-0.3, -0.25) is 4.79 Å². The molecule has 1 aliphatic heterocycles. The molecule has 1 aromatic heterocycles. The smallest absolute Gasteiger partial charge is 0.254 e. The predicted molar refractivity (Wildman–Crippen MR) is 85.9 cm³/mol. The number of rotatable bonds is 3. The second-order valence-electron chi connectivity index (χ2n) is 6.23. The summed E-state index contributed by atoms with van der Waals surface area (Å²) in [6.45, 7) is 6.13. The van der Waals surface area contributed by atoms with Crippen molar-refractivity contribution in [3.05, 3.63) is 28.5 Å². The molecule has 0 spiro atoms. The van der Waals surface area contributed by atoms with E-state index in [0.29, 0.717) is 10.7 Å². The lowest BCUT2D eigenvalue weighted by Crippen LogP contribution is -2.47. The fourth-order valence-corrected chi connectivity index (χ4v) is 2.98. The van der Waals surface area contributed by atoms with Gasteiger partial charge in [-0.25, -0.2) is 4.98 Å². The lowest BCUT2D eigenvalue weighted by molar-refractivity contribution is 0.0644. The third-order valence-electron chi connectivity index (χ3n) is 4.12. The number of halogens is 1. The van der Waals surface area contributed by atoms with Gasteiger partial charge < -0.3 is 9.80 Å². The van der Waals surface area contributed by atoms with Crippen LogP contribution in [0.3, 0.4) is 0 Å². The number of aromatic nitrogens is 1. The van der Waals surface area contributed by atoms with E-state index < -0.39 is 0 Å². The molecule has 5 heteroatoms. The minimum absolute atomic E-state index is 0.0292. The van der Waals surface area contributed by atoms with Crippen LogP contribution in [-0.4, -0.2) is 53.9 Å². The number of likely N-dealkylation sites (N-methyl/N-ethyl adjacent to an activating group) is 2. The summed E-state index contributed by atoms with van der Waals surface area (Å²) < 4.78 is 0. The first kappa shape index (κ1) is 16.2. The van der Waals surface area contributed by atoms with E-state index in [9.17, 15) is 4.79 Å². The van der Waals surface area contributed by atoms with E-state index in [-0.39, 0.29) is 17.9 Å². The Morgan fingerprint density at radius 2 is 2.19 bits per heavy atom. The van der Waals surface area contributed by atoms with E-state index in [2.05, 4.69) is 16.9 Å². The Balaban J connectivity index is 2.18. The SMILES string of the molecule is CC(C)c1cc(C(=O)N(C)C2CCCN(C)C2)cc(Cl)n1. The number of carbonyl (C=O) groups excluding carboxylic acids is 1. The molecule has 1 aromatic rings. The van der Waals surface area contributed by atoms with Crippen molar-refractivity contribution in [2.24, 2.45) is 0 Å². The lowest BCUT2D eigenvalue weighted by atomic mass is 10.0. The fraction of sp³-hybridized carbons (Fsp3) is 0.625. The Morgan fingerprint density at radius 3 is 2.81 bits per heavy atom. The Kier molecular flexibility index (Phi) is 5.22. The third kappa shape index (κ3) is 3.95. The molecule has 1 aliphatic rings. The highest BCUT2D eigenvalue weighted by Gasteiger charge is 2.25. The van der Waals surface area contributed by atoms with Gasteiger partial charge in [-0.2, -0.15) is 0 Å². The van der Waals surface area contributed by atoms with Crippen LogP contribution >= 0.6 is 11.6 Å². The molecule has 1 fully saturated rings. The van der Waals surface area contributed by atoms with Crippen molar-refractivity contribution >= 4 is 17.5 Å². The summed E-state index contributed by atoms with van der Waals surface area (Å²) in [7, 11) is 3.99. The molecule has 21 heavy (non-hydrogen) atoms. The molecular weight excluding hydrogens is 286 g/mol. The van der Waals surface area contributed by atoms with Crippen LogP contribution < -0.4 is 0 Å². The number of likely N-dealkylation sites (tertiary alicyclic amines) is 1. The molecule has 1 saturated heterocycles. The molecule has 1 unspecified atom stereocenters. The van der Waals surface area contributed by atoms with Crippen molar-refractivity contribution in [3.63, 3.8) is 0 Å². The summed E-state index contributed by atoms with van der Waals surface area (Å²) in [6.07, 6.45) is 2.19. The Labute approximate surface area is 132 Å². The van der Waals surface area contributed by atoms with Gasteiger partial charge in [0.15, 0.2) is 0 Å². The van der Waals surface area contributed by atoms with Gasteiger partial charge >= 0.3 is 0 Å². The maximum atomic E-state index is 12.7. The molecule has 4 nitrogen and oxygen atoms in total. The van der Waals surface area contributed by atoms with Crippen LogP contribution in [0.4, 0.5) is 0 Å². The van der Waals surface area contributed by atoms with Gasteiger partial charge in [0.05, 0.1) is 0 Å². The second kappa shape index (κ2) is 6.75. The fourth-order valence-electron chi connectivity index (χ4n) is 2.76. The van der Waals surface area contributed by atoms with Crippen LogP contribution in [0.5, 0.6) is 0 Å². The number of nitrogens with zero attached hydrogens (tertiary/aromatic N) is 3. The summed E-state index contributed by atoms with van der Waals surface area (Å²) in [5, 5.41) is 0.388. The number of carbonyl (C=O) groups is 1. The van der Waals surface area contributed by atoms with Gasteiger partial charge in [-0.15, -0.1) is 0 Å². The quantitative estimate of drug-likeness (QED) is 0.805. The zero-order chi connectivity index (χ0) is 15.6. The van der Waals surface area contributed by atoms with Crippen molar-refractivity contribution < 1.29 is 4.79 Å². The average Bonchev–Trinajstić information content (AvgIpc) is 2.45. The van der Waals surface area contributed by atoms with E-state index in [1.807, 2.05) is 31.9 Å². The number of hydrogen-bond donors (Lipinski definition) is 0. The molecule has 2 rings (SSSR count). The van der Waals surface area contributed by atoms with Crippen LogP contribution in [-0.2, 0) is 0 Å². The molecular formula is C16H24ClN3O. The number of amides is 1.